The molecule has 3 aromatic heterocycles. The van der Waals surface area contributed by atoms with Gasteiger partial charge in [-0.2, -0.15) is 5.10 Å². The van der Waals surface area contributed by atoms with Gasteiger partial charge in [0.15, 0.2) is 11.5 Å². The van der Waals surface area contributed by atoms with E-state index in [4.69, 9.17) is 16.7 Å². The monoisotopic (exact) mass is 405 g/mol. The first-order valence-electron chi connectivity index (χ1n) is 10.1. The van der Waals surface area contributed by atoms with Gasteiger partial charge in [0.25, 0.3) is 5.91 Å². The number of hydrogen-bond donors (Lipinski definition) is 1. The number of aromatic nitrogens is 4. The van der Waals surface area contributed by atoms with Crippen LogP contribution < -0.4 is 5.32 Å². The van der Waals surface area contributed by atoms with E-state index in [1.165, 1.54) is 6.42 Å². The topological polar surface area (TPSA) is 72.7 Å². The van der Waals surface area contributed by atoms with E-state index in [2.05, 4.69) is 15.3 Å². The predicted octanol–water partition coefficient (Wildman–Crippen LogP) is 3.78. The highest BCUT2D eigenvalue weighted by molar-refractivity contribution is 6.30. The maximum absolute atomic E-state index is 13.4. The second-order valence-electron chi connectivity index (χ2n) is 8.39. The number of halogens is 1. The molecule has 146 valence electrons. The number of hydrogen-bond acceptors (Lipinski definition) is 4. The van der Waals surface area contributed by atoms with Crippen LogP contribution in [0.4, 0.5) is 0 Å². The molecule has 7 heteroatoms. The first kappa shape index (κ1) is 17.2. The fourth-order valence-corrected chi connectivity index (χ4v) is 5.04. The fourth-order valence-electron chi connectivity index (χ4n) is 4.93. The van der Waals surface area contributed by atoms with Crippen LogP contribution in [-0.4, -0.2) is 25.7 Å². The molecule has 1 amide bonds. The van der Waals surface area contributed by atoms with Gasteiger partial charge in [0.2, 0.25) is 0 Å². The summed E-state index contributed by atoms with van der Waals surface area (Å²) in [7, 11) is 0. The zero-order valence-corrected chi connectivity index (χ0v) is 16.6. The molecule has 29 heavy (non-hydrogen) atoms. The van der Waals surface area contributed by atoms with Crippen LogP contribution in [0.25, 0.3) is 5.82 Å². The van der Waals surface area contributed by atoms with Crippen molar-refractivity contribution < 1.29 is 4.79 Å². The van der Waals surface area contributed by atoms with Crippen LogP contribution in [0.15, 0.2) is 42.9 Å². The van der Waals surface area contributed by atoms with E-state index < -0.39 is 0 Å². The van der Waals surface area contributed by atoms with Gasteiger partial charge in [0.1, 0.15) is 0 Å². The minimum atomic E-state index is -0.309. The van der Waals surface area contributed by atoms with Crippen molar-refractivity contribution in [1.29, 1.82) is 0 Å². The third-order valence-electron chi connectivity index (χ3n) is 6.70. The van der Waals surface area contributed by atoms with Crippen molar-refractivity contribution in [1.82, 2.24) is 25.1 Å². The lowest BCUT2D eigenvalue weighted by molar-refractivity contribution is 0.0816. The highest BCUT2D eigenvalue weighted by Gasteiger charge is 2.51. The zero-order chi connectivity index (χ0) is 19.6. The van der Waals surface area contributed by atoms with Crippen molar-refractivity contribution in [2.45, 2.75) is 43.6 Å². The van der Waals surface area contributed by atoms with Crippen molar-refractivity contribution >= 4 is 17.5 Å². The Hall–Kier alpha value is -2.73. The summed E-state index contributed by atoms with van der Waals surface area (Å²) in [4.78, 5) is 21.9. The highest BCUT2D eigenvalue weighted by atomic mass is 35.5. The van der Waals surface area contributed by atoms with Crippen molar-refractivity contribution in [2.24, 2.45) is 5.92 Å². The Morgan fingerprint density at radius 1 is 1.21 bits per heavy atom. The summed E-state index contributed by atoms with van der Waals surface area (Å²) in [5, 5.41) is 8.63. The minimum absolute atomic E-state index is 0.0909. The molecule has 6 rings (SSSR count). The molecule has 3 aromatic rings. The maximum Gasteiger partial charge on any atom is 0.272 e. The molecule has 2 fully saturated rings. The molecule has 0 aliphatic heterocycles. The summed E-state index contributed by atoms with van der Waals surface area (Å²) in [6, 6.07) is 7.66. The lowest BCUT2D eigenvalue weighted by Gasteiger charge is -2.42. The Labute approximate surface area is 173 Å². The van der Waals surface area contributed by atoms with Gasteiger partial charge in [0.05, 0.1) is 16.3 Å². The van der Waals surface area contributed by atoms with Crippen LogP contribution in [0.3, 0.4) is 0 Å². The third-order valence-corrected chi connectivity index (χ3v) is 6.92. The molecular formula is C22H20ClN5O. The number of pyridine rings is 2. The Morgan fingerprint density at radius 2 is 2.03 bits per heavy atom. The summed E-state index contributed by atoms with van der Waals surface area (Å²) in [6.07, 6.45) is 10.3. The molecular weight excluding hydrogens is 386 g/mol. The van der Waals surface area contributed by atoms with Crippen LogP contribution in [0.1, 0.15) is 58.9 Å². The maximum atomic E-state index is 13.4. The normalized spacial score (nSPS) is 23.1. The molecule has 0 unspecified atom stereocenters. The van der Waals surface area contributed by atoms with Gasteiger partial charge in [-0.25, -0.2) is 9.67 Å². The molecule has 0 radical (unpaired) electrons. The van der Waals surface area contributed by atoms with Crippen molar-refractivity contribution in [3.05, 3.63) is 70.4 Å². The Kier molecular flexibility index (Phi) is 3.63. The van der Waals surface area contributed by atoms with E-state index in [1.54, 1.807) is 18.6 Å². The number of rotatable bonds is 4. The zero-order valence-electron chi connectivity index (χ0n) is 15.8. The molecule has 3 aliphatic carbocycles. The van der Waals surface area contributed by atoms with E-state index in [-0.39, 0.29) is 11.4 Å². The smallest absolute Gasteiger partial charge is 0.272 e. The summed E-state index contributed by atoms with van der Waals surface area (Å²) in [6.45, 7) is 0. The van der Waals surface area contributed by atoms with Gasteiger partial charge >= 0.3 is 0 Å². The highest BCUT2D eigenvalue weighted by Crippen LogP contribution is 2.57. The van der Waals surface area contributed by atoms with Crippen LogP contribution in [-0.2, 0) is 12.0 Å². The average Bonchev–Trinajstić information content (AvgIpc) is 3.21. The molecule has 0 spiro atoms. The Balaban J connectivity index is 1.37. The number of fused-ring (bicyclic) bond motifs is 3. The second kappa shape index (κ2) is 6.13. The average molecular weight is 406 g/mol. The number of amides is 1. The first-order valence-corrected chi connectivity index (χ1v) is 10.5. The lowest BCUT2D eigenvalue weighted by Crippen LogP contribution is -2.51. The standard InChI is InChI=1S/C22H20ClN5O/c23-15-2-3-18(25-12-15)28-20-16-10-13(16)11-17(20)19(27-28)21(29)26-22(6-1-7-22)14-4-8-24-9-5-14/h2-5,8-9,12-13,16H,1,6-7,10-11H2,(H,26,29)/t13-,16-/m1/s1. The predicted molar refractivity (Wildman–Crippen MR) is 108 cm³/mol. The summed E-state index contributed by atoms with van der Waals surface area (Å²) >= 11 is 6.00. The van der Waals surface area contributed by atoms with Crippen LogP contribution in [0.5, 0.6) is 0 Å². The van der Waals surface area contributed by atoms with Crippen LogP contribution in [0, 0.1) is 5.92 Å². The molecule has 3 aliphatic rings. The van der Waals surface area contributed by atoms with Crippen molar-refractivity contribution in [3.63, 3.8) is 0 Å². The quantitative estimate of drug-likeness (QED) is 0.716. The first-order chi connectivity index (χ1) is 14.1. The van der Waals surface area contributed by atoms with Crippen molar-refractivity contribution in [2.75, 3.05) is 0 Å². The largest absolute Gasteiger partial charge is 0.341 e. The molecule has 2 atom stereocenters. The molecule has 1 N–H and O–H groups in total. The number of carbonyl (C=O) groups excluding carboxylic acids is 1. The SMILES string of the molecule is O=C(NC1(c2ccncc2)CCC1)c1nn(-c2ccc(Cl)cn2)c2c1C[C@H]1C[C@@H]21. The number of nitrogens with zero attached hydrogens (tertiary/aromatic N) is 4. The third kappa shape index (κ3) is 2.62. The van der Waals surface area contributed by atoms with Crippen LogP contribution in [0.2, 0.25) is 5.02 Å². The summed E-state index contributed by atoms with van der Waals surface area (Å²) in [5.41, 5.74) is 3.59. The molecule has 2 saturated carbocycles. The Bertz CT molecular complexity index is 1100. The fraction of sp³-hybridized carbons (Fsp3) is 0.364. The Morgan fingerprint density at radius 3 is 2.72 bits per heavy atom. The molecule has 6 nitrogen and oxygen atoms in total. The molecule has 0 aromatic carbocycles. The van der Waals surface area contributed by atoms with Gasteiger partial charge in [-0.15, -0.1) is 0 Å². The number of nitrogens with one attached hydrogen (secondary N) is 1. The van der Waals surface area contributed by atoms with Gasteiger partial charge in [-0.1, -0.05) is 11.6 Å². The van der Waals surface area contributed by atoms with E-state index in [0.717, 1.165) is 42.5 Å². The summed E-state index contributed by atoms with van der Waals surface area (Å²) < 4.78 is 1.86. The molecule has 0 bridgehead atoms. The van der Waals surface area contributed by atoms with Gasteiger partial charge in [0, 0.05) is 30.1 Å². The molecule has 3 heterocycles. The second-order valence-corrected chi connectivity index (χ2v) is 8.83. The van der Waals surface area contributed by atoms with E-state index in [0.29, 0.717) is 28.4 Å². The summed E-state index contributed by atoms with van der Waals surface area (Å²) in [5.74, 6) is 1.76. The minimum Gasteiger partial charge on any atom is -0.341 e. The van der Waals surface area contributed by atoms with Gasteiger partial charge in [-0.05, 0) is 67.9 Å². The van der Waals surface area contributed by atoms with Crippen molar-refractivity contribution in [3.8, 4) is 5.82 Å². The van der Waals surface area contributed by atoms with E-state index in [9.17, 15) is 4.79 Å². The number of carbonyl (C=O) groups is 1. The van der Waals surface area contributed by atoms with E-state index in [1.807, 2.05) is 28.9 Å². The van der Waals surface area contributed by atoms with Gasteiger partial charge < -0.3 is 5.32 Å². The van der Waals surface area contributed by atoms with Crippen LogP contribution >= 0.6 is 11.6 Å². The van der Waals surface area contributed by atoms with E-state index >= 15 is 0 Å². The van der Waals surface area contributed by atoms with Gasteiger partial charge in [-0.3, -0.25) is 9.78 Å². The lowest BCUT2D eigenvalue weighted by atomic mass is 9.72. The molecule has 0 saturated heterocycles.